The van der Waals surface area contributed by atoms with Crippen molar-refractivity contribution in [2.45, 2.75) is 27.7 Å². The van der Waals surface area contributed by atoms with Crippen LogP contribution < -0.4 is 0 Å². The average Bonchev–Trinajstić information content (AvgIpc) is 2.97. The standard InChI is InChI=1S/C31H25N9/c1-18-32-19(2)34-29(33-18)24-15-25(30-37-20(3)35-27(39-30)22-11-7-5-8-12-22)17-26(16-24)31-38-21(4)36-28(40-31)23-13-9-6-10-14-23/h5-17H,1-4H3. The van der Waals surface area contributed by atoms with Crippen LogP contribution in [0, 0.1) is 27.7 Å². The third-order valence-corrected chi connectivity index (χ3v) is 6.13. The Morgan fingerprint density at radius 2 is 0.575 bits per heavy atom. The first-order valence-electron chi connectivity index (χ1n) is 12.8. The van der Waals surface area contributed by atoms with E-state index in [9.17, 15) is 0 Å². The van der Waals surface area contributed by atoms with Crippen LogP contribution in [0.2, 0.25) is 0 Å². The molecule has 6 rings (SSSR count). The molecule has 0 spiro atoms. The minimum atomic E-state index is 0.533. The van der Waals surface area contributed by atoms with Crippen LogP contribution in [0.3, 0.4) is 0 Å². The molecule has 3 heterocycles. The molecule has 0 aliphatic rings. The highest BCUT2D eigenvalue weighted by Gasteiger charge is 2.16. The Hall–Kier alpha value is -5.31. The topological polar surface area (TPSA) is 116 Å². The summed E-state index contributed by atoms with van der Waals surface area (Å²) in [6.45, 7) is 7.43. The third-order valence-electron chi connectivity index (χ3n) is 6.13. The van der Waals surface area contributed by atoms with Crippen molar-refractivity contribution in [1.82, 2.24) is 44.9 Å². The monoisotopic (exact) mass is 523 g/mol. The first-order valence-corrected chi connectivity index (χ1v) is 12.8. The largest absolute Gasteiger partial charge is 0.219 e. The normalized spacial score (nSPS) is 11.0. The van der Waals surface area contributed by atoms with E-state index in [1.54, 1.807) is 0 Å². The molecule has 0 aliphatic heterocycles. The molecule has 0 aliphatic carbocycles. The summed E-state index contributed by atoms with van der Waals surface area (Å²) in [5.41, 5.74) is 4.14. The van der Waals surface area contributed by atoms with Gasteiger partial charge in [0, 0.05) is 27.8 Å². The van der Waals surface area contributed by atoms with E-state index in [2.05, 4.69) is 34.9 Å². The van der Waals surface area contributed by atoms with Crippen molar-refractivity contribution >= 4 is 0 Å². The Kier molecular flexibility index (Phi) is 6.53. The molecule has 0 amide bonds. The van der Waals surface area contributed by atoms with Crippen LogP contribution in [-0.2, 0) is 0 Å². The maximum absolute atomic E-state index is 4.83. The van der Waals surface area contributed by atoms with Gasteiger partial charge in [-0.2, -0.15) is 0 Å². The number of aryl methyl sites for hydroxylation is 4. The van der Waals surface area contributed by atoms with Gasteiger partial charge in [-0.3, -0.25) is 0 Å². The molecular weight excluding hydrogens is 498 g/mol. The fourth-order valence-electron chi connectivity index (χ4n) is 4.41. The summed E-state index contributed by atoms with van der Waals surface area (Å²) < 4.78 is 0. The summed E-state index contributed by atoms with van der Waals surface area (Å²) in [4.78, 5) is 41.8. The maximum atomic E-state index is 4.83. The van der Waals surface area contributed by atoms with Gasteiger partial charge in [0.15, 0.2) is 29.1 Å². The van der Waals surface area contributed by atoms with E-state index in [0.717, 1.165) is 27.8 Å². The summed E-state index contributed by atoms with van der Waals surface area (Å²) in [6, 6.07) is 25.7. The van der Waals surface area contributed by atoms with E-state index in [-0.39, 0.29) is 0 Å². The SMILES string of the molecule is Cc1nc(C)nc(-c2cc(-c3nc(C)nc(-c4ccccc4)n3)cc(-c3nc(C)nc(-c4ccccc4)n3)c2)n1. The molecule has 0 fully saturated rings. The quantitative estimate of drug-likeness (QED) is 0.276. The highest BCUT2D eigenvalue weighted by molar-refractivity contribution is 5.76. The zero-order valence-corrected chi connectivity index (χ0v) is 22.5. The lowest BCUT2D eigenvalue weighted by Gasteiger charge is -2.11. The molecule has 0 saturated carbocycles. The summed E-state index contributed by atoms with van der Waals surface area (Å²) >= 11 is 0. The fourth-order valence-corrected chi connectivity index (χ4v) is 4.41. The summed E-state index contributed by atoms with van der Waals surface area (Å²) in [7, 11) is 0. The molecule has 0 atom stereocenters. The zero-order valence-electron chi connectivity index (χ0n) is 22.5. The van der Waals surface area contributed by atoms with Crippen molar-refractivity contribution in [3.8, 4) is 56.9 Å². The minimum Gasteiger partial charge on any atom is -0.219 e. The van der Waals surface area contributed by atoms with Gasteiger partial charge in [0.25, 0.3) is 0 Å². The number of hydrogen-bond acceptors (Lipinski definition) is 9. The van der Waals surface area contributed by atoms with Gasteiger partial charge >= 0.3 is 0 Å². The maximum Gasteiger partial charge on any atom is 0.163 e. The van der Waals surface area contributed by atoms with Gasteiger partial charge in [-0.15, -0.1) is 0 Å². The number of nitrogens with zero attached hydrogens (tertiary/aromatic N) is 9. The van der Waals surface area contributed by atoms with Crippen molar-refractivity contribution in [1.29, 1.82) is 0 Å². The van der Waals surface area contributed by atoms with Crippen LogP contribution in [0.5, 0.6) is 0 Å². The Morgan fingerprint density at radius 1 is 0.300 bits per heavy atom. The van der Waals surface area contributed by atoms with Gasteiger partial charge in [0.2, 0.25) is 0 Å². The molecule has 9 nitrogen and oxygen atoms in total. The summed E-state index contributed by atoms with van der Waals surface area (Å²) in [5.74, 6) is 5.33. The van der Waals surface area contributed by atoms with Gasteiger partial charge in [0.1, 0.15) is 23.3 Å². The van der Waals surface area contributed by atoms with Crippen LogP contribution in [0.25, 0.3) is 56.9 Å². The molecule has 194 valence electrons. The summed E-state index contributed by atoms with van der Waals surface area (Å²) in [6.07, 6.45) is 0. The Labute approximate surface area is 231 Å². The van der Waals surface area contributed by atoms with Crippen molar-refractivity contribution in [2.75, 3.05) is 0 Å². The van der Waals surface area contributed by atoms with E-state index in [1.165, 1.54) is 0 Å². The predicted octanol–water partition coefficient (Wildman–Crippen LogP) is 5.81. The van der Waals surface area contributed by atoms with Gasteiger partial charge < -0.3 is 0 Å². The average molecular weight is 524 g/mol. The second kappa shape index (κ2) is 10.5. The summed E-state index contributed by atoms with van der Waals surface area (Å²) in [5, 5.41) is 0. The highest BCUT2D eigenvalue weighted by atomic mass is 15.0. The first-order chi connectivity index (χ1) is 19.4. The van der Waals surface area contributed by atoms with Crippen molar-refractivity contribution < 1.29 is 0 Å². The van der Waals surface area contributed by atoms with Crippen LogP contribution >= 0.6 is 0 Å². The fraction of sp³-hybridized carbons (Fsp3) is 0.129. The highest BCUT2D eigenvalue weighted by Crippen LogP contribution is 2.31. The van der Waals surface area contributed by atoms with E-state index in [0.29, 0.717) is 52.4 Å². The zero-order chi connectivity index (χ0) is 27.6. The second-order valence-corrected chi connectivity index (χ2v) is 9.34. The van der Waals surface area contributed by atoms with E-state index in [4.69, 9.17) is 9.97 Å². The molecule has 0 unspecified atom stereocenters. The van der Waals surface area contributed by atoms with Crippen LogP contribution in [0.4, 0.5) is 0 Å². The number of aromatic nitrogens is 9. The van der Waals surface area contributed by atoms with Crippen LogP contribution in [-0.4, -0.2) is 44.9 Å². The van der Waals surface area contributed by atoms with Crippen molar-refractivity contribution in [3.05, 3.63) is 102 Å². The Balaban J connectivity index is 1.56. The van der Waals surface area contributed by atoms with E-state index >= 15 is 0 Å². The minimum absolute atomic E-state index is 0.533. The molecule has 6 aromatic rings. The van der Waals surface area contributed by atoms with E-state index < -0.39 is 0 Å². The third kappa shape index (κ3) is 5.30. The smallest absolute Gasteiger partial charge is 0.163 e. The second-order valence-electron chi connectivity index (χ2n) is 9.34. The molecule has 0 bridgehead atoms. The number of hydrogen-bond donors (Lipinski definition) is 0. The molecule has 3 aromatic carbocycles. The Morgan fingerprint density at radius 3 is 0.925 bits per heavy atom. The molecule has 40 heavy (non-hydrogen) atoms. The van der Waals surface area contributed by atoms with Gasteiger partial charge in [0.05, 0.1) is 0 Å². The molecule has 0 saturated heterocycles. The van der Waals surface area contributed by atoms with Crippen LogP contribution in [0.1, 0.15) is 23.3 Å². The van der Waals surface area contributed by atoms with E-state index in [1.807, 2.05) is 107 Å². The molecular formula is C31H25N9. The van der Waals surface area contributed by atoms with Crippen molar-refractivity contribution in [2.24, 2.45) is 0 Å². The number of rotatable bonds is 5. The van der Waals surface area contributed by atoms with Gasteiger partial charge in [-0.25, -0.2) is 44.9 Å². The molecule has 0 radical (unpaired) electrons. The lowest BCUT2D eigenvalue weighted by atomic mass is 10.0. The van der Waals surface area contributed by atoms with Crippen LogP contribution in [0.15, 0.2) is 78.9 Å². The van der Waals surface area contributed by atoms with Crippen molar-refractivity contribution in [3.63, 3.8) is 0 Å². The molecule has 3 aromatic heterocycles. The lowest BCUT2D eigenvalue weighted by Crippen LogP contribution is -2.03. The Bertz CT molecular complexity index is 1710. The molecule has 0 N–H and O–H groups in total. The molecule has 9 heteroatoms. The van der Waals surface area contributed by atoms with Gasteiger partial charge in [-0.05, 0) is 45.9 Å². The first kappa shape index (κ1) is 25.0. The predicted molar refractivity (Wildman–Crippen MR) is 153 cm³/mol. The number of benzene rings is 3. The lowest BCUT2D eigenvalue weighted by molar-refractivity contribution is 0.928. The van der Waals surface area contributed by atoms with Gasteiger partial charge in [-0.1, -0.05) is 60.7 Å².